The van der Waals surface area contributed by atoms with Crippen LogP contribution >= 0.6 is 11.3 Å². The highest BCUT2D eigenvalue weighted by molar-refractivity contribution is 7.17. The van der Waals surface area contributed by atoms with Gasteiger partial charge in [-0.1, -0.05) is 42.5 Å². The monoisotopic (exact) mass is 408 g/mol. The van der Waals surface area contributed by atoms with Crippen molar-refractivity contribution in [1.29, 1.82) is 0 Å². The zero-order chi connectivity index (χ0) is 20.4. The first-order valence-electron chi connectivity index (χ1n) is 8.74. The number of rotatable bonds is 4. The summed E-state index contributed by atoms with van der Waals surface area (Å²) in [5.41, 5.74) is 7.24. The van der Waals surface area contributed by atoms with Crippen LogP contribution < -0.4 is 15.8 Å². The third-order valence-electron chi connectivity index (χ3n) is 4.34. The number of amides is 3. The summed E-state index contributed by atoms with van der Waals surface area (Å²) in [7, 11) is 0. The SMILES string of the molecule is NC(=O)NC(=O)[C@H](OC(=O)c1cc2c(s1)-c1ccccc1OC2)c1ccccc1. The van der Waals surface area contributed by atoms with E-state index in [9.17, 15) is 14.4 Å². The van der Waals surface area contributed by atoms with Crippen LogP contribution in [0.2, 0.25) is 0 Å². The number of primary amides is 1. The lowest BCUT2D eigenvalue weighted by molar-refractivity contribution is -0.129. The van der Waals surface area contributed by atoms with Gasteiger partial charge in [0.15, 0.2) is 0 Å². The summed E-state index contributed by atoms with van der Waals surface area (Å²) >= 11 is 1.27. The van der Waals surface area contributed by atoms with E-state index in [1.54, 1.807) is 36.4 Å². The second kappa shape index (κ2) is 7.76. The first-order chi connectivity index (χ1) is 14.0. The minimum absolute atomic E-state index is 0.336. The Morgan fingerprint density at radius 1 is 1.07 bits per heavy atom. The highest BCUT2D eigenvalue weighted by Crippen LogP contribution is 2.42. The molecule has 29 heavy (non-hydrogen) atoms. The number of carbonyl (C=O) groups is 3. The summed E-state index contributed by atoms with van der Waals surface area (Å²) in [6.45, 7) is 0.348. The van der Waals surface area contributed by atoms with Crippen molar-refractivity contribution in [1.82, 2.24) is 5.32 Å². The van der Waals surface area contributed by atoms with Gasteiger partial charge in [-0.25, -0.2) is 9.59 Å². The molecule has 3 aromatic rings. The molecule has 0 radical (unpaired) electrons. The van der Waals surface area contributed by atoms with Crippen LogP contribution in [0.25, 0.3) is 10.4 Å². The lowest BCUT2D eigenvalue weighted by Crippen LogP contribution is -2.39. The Morgan fingerprint density at radius 2 is 1.79 bits per heavy atom. The molecule has 0 fully saturated rings. The molecular weight excluding hydrogens is 392 g/mol. The maximum Gasteiger partial charge on any atom is 0.349 e. The van der Waals surface area contributed by atoms with Crippen molar-refractivity contribution in [3.63, 3.8) is 0 Å². The topological polar surface area (TPSA) is 108 Å². The number of nitrogens with one attached hydrogen (secondary N) is 1. The van der Waals surface area contributed by atoms with E-state index < -0.39 is 24.0 Å². The molecule has 0 spiro atoms. The summed E-state index contributed by atoms with van der Waals surface area (Å²) in [5.74, 6) is -0.729. The molecule has 2 aromatic carbocycles. The smallest absolute Gasteiger partial charge is 0.349 e. The molecule has 1 aromatic heterocycles. The molecule has 0 saturated carbocycles. The Labute approximate surface area is 170 Å². The van der Waals surface area contributed by atoms with Crippen LogP contribution in [0.1, 0.15) is 26.9 Å². The van der Waals surface area contributed by atoms with Gasteiger partial charge in [0.25, 0.3) is 5.91 Å². The van der Waals surface area contributed by atoms with Crippen LogP contribution in [0, 0.1) is 0 Å². The van der Waals surface area contributed by atoms with Crippen molar-refractivity contribution in [3.8, 4) is 16.2 Å². The van der Waals surface area contributed by atoms with Gasteiger partial charge in [0.2, 0.25) is 6.10 Å². The van der Waals surface area contributed by atoms with E-state index in [0.29, 0.717) is 17.0 Å². The van der Waals surface area contributed by atoms with Gasteiger partial charge in [-0.05, 0) is 18.2 Å². The Morgan fingerprint density at radius 3 is 2.55 bits per heavy atom. The molecule has 2 heterocycles. The number of ether oxygens (including phenoxy) is 2. The summed E-state index contributed by atoms with van der Waals surface area (Å²) in [4.78, 5) is 37.5. The predicted octanol–water partition coefficient (Wildman–Crippen LogP) is 3.40. The first kappa shape index (κ1) is 18.7. The maximum absolute atomic E-state index is 12.8. The molecule has 0 bridgehead atoms. The minimum atomic E-state index is -1.31. The van der Waals surface area contributed by atoms with Crippen molar-refractivity contribution in [2.75, 3.05) is 0 Å². The van der Waals surface area contributed by atoms with E-state index in [1.807, 2.05) is 29.6 Å². The average molecular weight is 408 g/mol. The van der Waals surface area contributed by atoms with Crippen LogP contribution in [0.4, 0.5) is 4.79 Å². The molecule has 146 valence electrons. The third-order valence-corrected chi connectivity index (χ3v) is 5.53. The van der Waals surface area contributed by atoms with Gasteiger partial charge < -0.3 is 15.2 Å². The zero-order valence-corrected chi connectivity index (χ0v) is 15.9. The van der Waals surface area contributed by atoms with Crippen molar-refractivity contribution in [2.24, 2.45) is 5.73 Å². The molecule has 1 aliphatic rings. The number of nitrogens with two attached hydrogens (primary N) is 1. The number of esters is 1. The second-order valence-electron chi connectivity index (χ2n) is 6.30. The molecule has 3 amide bonds. The zero-order valence-electron chi connectivity index (χ0n) is 15.1. The van der Waals surface area contributed by atoms with E-state index in [1.165, 1.54) is 11.3 Å². The van der Waals surface area contributed by atoms with Crippen molar-refractivity contribution in [2.45, 2.75) is 12.7 Å². The van der Waals surface area contributed by atoms with Gasteiger partial charge in [-0.15, -0.1) is 11.3 Å². The van der Waals surface area contributed by atoms with Gasteiger partial charge in [0, 0.05) is 21.6 Å². The van der Waals surface area contributed by atoms with Gasteiger partial charge >= 0.3 is 12.0 Å². The van der Waals surface area contributed by atoms with E-state index >= 15 is 0 Å². The number of hydrogen-bond donors (Lipinski definition) is 2. The molecule has 0 unspecified atom stereocenters. The molecule has 4 rings (SSSR count). The third kappa shape index (κ3) is 3.83. The van der Waals surface area contributed by atoms with Gasteiger partial charge in [0.05, 0.1) is 0 Å². The van der Waals surface area contributed by atoms with Crippen molar-refractivity contribution >= 4 is 29.2 Å². The van der Waals surface area contributed by atoms with Crippen molar-refractivity contribution in [3.05, 3.63) is 76.7 Å². The Balaban J connectivity index is 1.61. The summed E-state index contributed by atoms with van der Waals surface area (Å²) in [6, 6.07) is 16.7. The predicted molar refractivity (Wildman–Crippen MR) is 106 cm³/mol. The number of thiophene rings is 1. The molecule has 1 atom stereocenters. The van der Waals surface area contributed by atoms with Gasteiger partial charge in [-0.2, -0.15) is 0 Å². The lowest BCUT2D eigenvalue weighted by Gasteiger charge is -2.16. The molecule has 1 aliphatic heterocycles. The number of para-hydroxylation sites is 1. The van der Waals surface area contributed by atoms with Crippen LogP contribution in [0.15, 0.2) is 60.7 Å². The number of benzene rings is 2. The van der Waals surface area contributed by atoms with E-state index in [4.69, 9.17) is 15.2 Å². The lowest BCUT2D eigenvalue weighted by atomic mass is 10.1. The quantitative estimate of drug-likeness (QED) is 0.644. The van der Waals surface area contributed by atoms with E-state index in [-0.39, 0.29) is 0 Å². The minimum Gasteiger partial charge on any atom is -0.488 e. The molecular formula is C21H16N2O5S. The molecule has 0 aliphatic carbocycles. The van der Waals surface area contributed by atoms with Crippen LogP contribution in [0.3, 0.4) is 0 Å². The second-order valence-corrected chi connectivity index (χ2v) is 7.35. The molecule has 8 heteroatoms. The Hall–Kier alpha value is -3.65. The van der Waals surface area contributed by atoms with Crippen molar-refractivity contribution < 1.29 is 23.9 Å². The number of imide groups is 1. The molecule has 0 saturated heterocycles. The Bertz CT molecular complexity index is 1090. The number of hydrogen-bond acceptors (Lipinski definition) is 6. The van der Waals surface area contributed by atoms with Gasteiger partial charge in [-0.3, -0.25) is 10.1 Å². The normalized spacial score (nSPS) is 12.7. The first-order valence-corrected chi connectivity index (χ1v) is 9.55. The maximum atomic E-state index is 12.8. The summed E-state index contributed by atoms with van der Waals surface area (Å²) in [6.07, 6.45) is -1.31. The fourth-order valence-electron chi connectivity index (χ4n) is 3.05. The van der Waals surface area contributed by atoms with Crippen LogP contribution in [0.5, 0.6) is 5.75 Å². The number of urea groups is 1. The fraction of sp³-hybridized carbons (Fsp3) is 0.0952. The average Bonchev–Trinajstić information content (AvgIpc) is 3.17. The fourth-order valence-corrected chi connectivity index (χ4v) is 4.13. The summed E-state index contributed by atoms with van der Waals surface area (Å²) < 4.78 is 11.2. The largest absolute Gasteiger partial charge is 0.488 e. The highest BCUT2D eigenvalue weighted by atomic mass is 32.1. The van der Waals surface area contributed by atoms with Crippen LogP contribution in [-0.2, 0) is 16.1 Å². The standard InChI is InChI=1S/C21H16N2O5S/c22-21(26)23-19(24)17(12-6-2-1-3-7-12)28-20(25)16-10-13-11-27-15-9-5-4-8-14(15)18(13)29-16/h1-10,17H,11H2,(H3,22,23,24,26)/t17-/m1/s1. The molecule has 3 N–H and O–H groups in total. The summed E-state index contributed by atoms with van der Waals surface area (Å²) in [5, 5.41) is 1.97. The molecule has 7 nitrogen and oxygen atoms in total. The number of carbonyl (C=O) groups excluding carboxylic acids is 3. The Kier molecular flexibility index (Phi) is 5.01. The van der Waals surface area contributed by atoms with E-state index in [0.717, 1.165) is 21.8 Å². The van der Waals surface area contributed by atoms with E-state index in [2.05, 4.69) is 0 Å². The number of fused-ring (bicyclic) bond motifs is 3. The highest BCUT2D eigenvalue weighted by Gasteiger charge is 2.29. The van der Waals surface area contributed by atoms with Crippen LogP contribution in [-0.4, -0.2) is 17.9 Å². The van der Waals surface area contributed by atoms with Gasteiger partial charge in [0.1, 0.15) is 17.2 Å².